The highest BCUT2D eigenvalue weighted by Gasteiger charge is 2.32. The van der Waals surface area contributed by atoms with Crippen LogP contribution in [-0.2, 0) is 9.53 Å². The molecule has 2 aliphatic heterocycles. The number of imidazole rings is 2. The van der Waals surface area contributed by atoms with Crippen molar-refractivity contribution in [1.82, 2.24) is 35.5 Å². The number of nitrogens with zero attached hydrogens (tertiary/aromatic N) is 3. The Labute approximate surface area is 232 Å². The Morgan fingerprint density at radius 1 is 0.875 bits per heavy atom. The van der Waals surface area contributed by atoms with Gasteiger partial charge in [0.1, 0.15) is 18.2 Å². The first-order valence-corrected chi connectivity index (χ1v) is 13.7. The molecule has 2 saturated heterocycles. The molecule has 0 radical (unpaired) electrons. The quantitative estimate of drug-likeness (QED) is 0.272. The Hall–Kier alpha value is -4.44. The number of nitrogens with one attached hydrogen (secondary N) is 4. The topological polar surface area (TPSA) is 128 Å². The maximum Gasteiger partial charge on any atom is 0.407 e. The smallest absolute Gasteiger partial charge is 0.407 e. The van der Waals surface area contributed by atoms with Crippen molar-refractivity contribution in [2.24, 2.45) is 0 Å². The number of aromatic amines is 2. The van der Waals surface area contributed by atoms with E-state index < -0.39 is 6.09 Å². The van der Waals surface area contributed by atoms with Gasteiger partial charge in [0.05, 0.1) is 43.0 Å². The standard InChI is InChI=1S/C30H33N7O3/c1-40-30(39)34-18-27(38)37-15-3-5-26(37)29-33-17-25(36-29)22-12-8-20(9-13-22)19-6-10-21(11-7-19)24-16-32-28(35-24)23-4-2-14-31-23/h6-13,16-17,23,26,31H,2-5,14-15,18H2,1H3,(H,32,35)(H,33,36)(H,34,39)/t23-,26-/m0/s1. The number of likely N-dealkylation sites (tertiary alicyclic amines) is 1. The summed E-state index contributed by atoms with van der Waals surface area (Å²) < 4.78 is 4.56. The first-order valence-electron chi connectivity index (χ1n) is 13.7. The number of benzene rings is 2. The molecule has 2 aromatic heterocycles. The van der Waals surface area contributed by atoms with Crippen molar-refractivity contribution in [2.75, 3.05) is 26.7 Å². The van der Waals surface area contributed by atoms with Crippen molar-refractivity contribution < 1.29 is 14.3 Å². The fourth-order valence-corrected chi connectivity index (χ4v) is 5.59. The predicted octanol–water partition coefficient (Wildman–Crippen LogP) is 4.58. The van der Waals surface area contributed by atoms with Crippen molar-refractivity contribution in [1.29, 1.82) is 0 Å². The van der Waals surface area contributed by atoms with Gasteiger partial charge in [-0.05, 0) is 54.5 Å². The molecule has 0 unspecified atom stereocenters. The fraction of sp³-hybridized carbons (Fsp3) is 0.333. The Morgan fingerprint density at radius 3 is 2.08 bits per heavy atom. The van der Waals surface area contributed by atoms with E-state index >= 15 is 0 Å². The SMILES string of the molecule is COC(=O)NCC(=O)N1CCC[C@H]1c1ncc(-c2ccc(-c3ccc(-c4cnc([C@@H]5CCCN5)[nH]4)cc3)cc2)[nH]1. The van der Waals surface area contributed by atoms with Crippen LogP contribution in [0.5, 0.6) is 0 Å². The highest BCUT2D eigenvalue weighted by molar-refractivity contribution is 5.82. The van der Waals surface area contributed by atoms with Crippen molar-refractivity contribution in [3.05, 3.63) is 72.6 Å². The van der Waals surface area contributed by atoms with Gasteiger partial charge < -0.3 is 30.2 Å². The molecule has 206 valence electrons. The maximum absolute atomic E-state index is 12.7. The van der Waals surface area contributed by atoms with Crippen LogP contribution in [0.4, 0.5) is 4.79 Å². The molecular formula is C30H33N7O3. The summed E-state index contributed by atoms with van der Waals surface area (Å²) in [5, 5.41) is 5.95. The van der Waals surface area contributed by atoms with E-state index in [1.165, 1.54) is 13.5 Å². The second kappa shape index (κ2) is 11.4. The van der Waals surface area contributed by atoms with E-state index in [1.54, 1.807) is 4.90 Å². The number of carbonyl (C=O) groups excluding carboxylic acids is 2. The Kier molecular flexibility index (Phi) is 7.33. The van der Waals surface area contributed by atoms with Crippen LogP contribution in [0.15, 0.2) is 60.9 Å². The summed E-state index contributed by atoms with van der Waals surface area (Å²) in [6, 6.07) is 17.1. The van der Waals surface area contributed by atoms with Gasteiger partial charge in [0.2, 0.25) is 5.91 Å². The number of amides is 2. The zero-order chi connectivity index (χ0) is 27.5. The van der Waals surface area contributed by atoms with Gasteiger partial charge in [0.25, 0.3) is 0 Å². The highest BCUT2D eigenvalue weighted by Crippen LogP contribution is 2.32. The number of hydrogen-bond acceptors (Lipinski definition) is 6. The summed E-state index contributed by atoms with van der Waals surface area (Å²) in [4.78, 5) is 41.8. The number of hydrogen-bond donors (Lipinski definition) is 4. The van der Waals surface area contributed by atoms with Gasteiger partial charge >= 0.3 is 6.09 Å². The van der Waals surface area contributed by atoms with Crippen LogP contribution in [0.3, 0.4) is 0 Å². The van der Waals surface area contributed by atoms with Crippen LogP contribution in [0.2, 0.25) is 0 Å². The number of ether oxygens (including phenoxy) is 1. The van der Waals surface area contributed by atoms with E-state index in [4.69, 9.17) is 0 Å². The Bertz CT molecular complexity index is 1470. The molecule has 2 atom stereocenters. The summed E-state index contributed by atoms with van der Waals surface area (Å²) in [6.45, 7) is 1.59. The molecule has 10 nitrogen and oxygen atoms in total. The van der Waals surface area contributed by atoms with Gasteiger partial charge in [-0.15, -0.1) is 0 Å². The fourth-order valence-electron chi connectivity index (χ4n) is 5.59. The molecule has 0 bridgehead atoms. The average Bonchev–Trinajstić information content (AvgIpc) is 3.82. The number of carbonyl (C=O) groups is 2. The van der Waals surface area contributed by atoms with E-state index in [9.17, 15) is 9.59 Å². The number of H-pyrrole nitrogens is 2. The summed E-state index contributed by atoms with van der Waals surface area (Å²) in [5.41, 5.74) is 6.33. The molecule has 10 heteroatoms. The summed E-state index contributed by atoms with van der Waals surface area (Å²) in [5.74, 6) is 1.61. The monoisotopic (exact) mass is 539 g/mol. The summed E-state index contributed by atoms with van der Waals surface area (Å²) >= 11 is 0. The summed E-state index contributed by atoms with van der Waals surface area (Å²) in [7, 11) is 1.28. The van der Waals surface area contributed by atoms with Gasteiger partial charge in [-0.1, -0.05) is 48.5 Å². The predicted molar refractivity (Wildman–Crippen MR) is 151 cm³/mol. The molecule has 4 heterocycles. The lowest BCUT2D eigenvalue weighted by Crippen LogP contribution is -2.40. The molecule has 2 aliphatic rings. The normalized spacial score (nSPS) is 18.7. The van der Waals surface area contributed by atoms with E-state index in [0.717, 1.165) is 71.1 Å². The average molecular weight is 540 g/mol. The van der Waals surface area contributed by atoms with E-state index in [1.807, 2.05) is 12.4 Å². The molecule has 0 saturated carbocycles. The second-order valence-electron chi connectivity index (χ2n) is 10.3. The molecule has 4 aromatic rings. The number of aromatic nitrogens is 4. The molecular weight excluding hydrogens is 506 g/mol. The molecule has 6 rings (SSSR count). The maximum atomic E-state index is 12.7. The minimum atomic E-state index is -0.618. The second-order valence-corrected chi connectivity index (χ2v) is 10.3. The van der Waals surface area contributed by atoms with Crippen LogP contribution >= 0.6 is 0 Å². The third kappa shape index (κ3) is 5.35. The number of methoxy groups -OCH3 is 1. The minimum Gasteiger partial charge on any atom is -0.453 e. The van der Waals surface area contributed by atoms with Gasteiger partial charge in [-0.2, -0.15) is 0 Å². The van der Waals surface area contributed by atoms with E-state index in [0.29, 0.717) is 12.6 Å². The van der Waals surface area contributed by atoms with Crippen LogP contribution < -0.4 is 10.6 Å². The van der Waals surface area contributed by atoms with Crippen molar-refractivity contribution in [3.8, 4) is 33.6 Å². The van der Waals surface area contributed by atoms with Gasteiger partial charge in [0.15, 0.2) is 0 Å². The third-order valence-electron chi connectivity index (χ3n) is 7.76. The molecule has 0 aliphatic carbocycles. The molecule has 40 heavy (non-hydrogen) atoms. The number of alkyl carbamates (subject to hydrolysis) is 1. The van der Waals surface area contributed by atoms with Crippen molar-refractivity contribution in [2.45, 2.75) is 37.8 Å². The first kappa shape index (κ1) is 25.8. The lowest BCUT2D eigenvalue weighted by atomic mass is 10.0. The minimum absolute atomic E-state index is 0.0972. The van der Waals surface area contributed by atoms with Crippen molar-refractivity contribution >= 4 is 12.0 Å². The van der Waals surface area contributed by atoms with Gasteiger partial charge in [0, 0.05) is 6.54 Å². The van der Waals surface area contributed by atoms with Crippen molar-refractivity contribution in [3.63, 3.8) is 0 Å². The zero-order valence-corrected chi connectivity index (χ0v) is 22.4. The number of rotatable bonds is 7. The lowest BCUT2D eigenvalue weighted by Gasteiger charge is -2.23. The Balaban J connectivity index is 1.11. The van der Waals surface area contributed by atoms with Crippen LogP contribution in [-0.4, -0.2) is 63.6 Å². The van der Waals surface area contributed by atoms with Crippen LogP contribution in [0.25, 0.3) is 33.6 Å². The van der Waals surface area contributed by atoms with Gasteiger partial charge in [-0.3, -0.25) is 4.79 Å². The largest absolute Gasteiger partial charge is 0.453 e. The zero-order valence-electron chi connectivity index (χ0n) is 22.4. The summed E-state index contributed by atoms with van der Waals surface area (Å²) in [6.07, 6.45) is 7.13. The third-order valence-corrected chi connectivity index (χ3v) is 7.76. The lowest BCUT2D eigenvalue weighted by molar-refractivity contribution is -0.131. The Morgan fingerprint density at radius 2 is 1.48 bits per heavy atom. The molecule has 2 fully saturated rings. The van der Waals surface area contributed by atoms with Crippen LogP contribution in [0, 0.1) is 0 Å². The van der Waals surface area contributed by atoms with Gasteiger partial charge in [-0.25, -0.2) is 14.8 Å². The molecule has 2 aromatic carbocycles. The molecule has 4 N–H and O–H groups in total. The van der Waals surface area contributed by atoms with E-state index in [2.05, 4.69) is 83.8 Å². The van der Waals surface area contributed by atoms with Crippen LogP contribution in [0.1, 0.15) is 49.4 Å². The molecule has 2 amide bonds. The first-order chi connectivity index (χ1) is 19.6. The highest BCUT2D eigenvalue weighted by atomic mass is 16.5. The molecule has 0 spiro atoms. The van der Waals surface area contributed by atoms with E-state index in [-0.39, 0.29) is 18.5 Å².